The molecule has 1 unspecified atom stereocenters. The highest BCUT2D eigenvalue weighted by molar-refractivity contribution is 5.96. The minimum Gasteiger partial charge on any atom is -0.497 e. The van der Waals surface area contributed by atoms with Crippen LogP contribution in [-0.4, -0.2) is 32.5 Å². The van der Waals surface area contributed by atoms with Gasteiger partial charge in [-0.2, -0.15) is 0 Å². The number of quaternary nitrogens is 1. The molecule has 3 heteroatoms. The number of carbonyl (C=O) groups excluding carboxylic acids is 1. The molecule has 1 N–H and O–H groups in total. The number of hydrogen-bond acceptors (Lipinski definition) is 2. The van der Waals surface area contributed by atoms with Gasteiger partial charge in [-0.3, -0.25) is 4.79 Å². The molecule has 1 aromatic rings. The van der Waals surface area contributed by atoms with Gasteiger partial charge in [0.25, 0.3) is 0 Å². The zero-order valence-corrected chi connectivity index (χ0v) is 11.9. The molecule has 1 aliphatic heterocycles. The standard InChI is InChI=1S/C16H23NO2/c1-13-4-3-10-17(12-13)11-9-16(18)14-5-7-15(19-2)8-6-14/h5-8,13H,3-4,9-12H2,1-2H3/p+1/t13-/m0/s1. The van der Waals surface area contributed by atoms with Gasteiger partial charge in [0.1, 0.15) is 5.75 Å². The van der Waals surface area contributed by atoms with E-state index in [9.17, 15) is 4.79 Å². The highest BCUT2D eigenvalue weighted by Gasteiger charge is 2.20. The summed E-state index contributed by atoms with van der Waals surface area (Å²) in [5.74, 6) is 1.85. The third-order valence-electron chi connectivity index (χ3n) is 3.98. The normalized spacial score (nSPS) is 23.1. The summed E-state index contributed by atoms with van der Waals surface area (Å²) in [6, 6.07) is 7.41. The maximum atomic E-state index is 12.1. The van der Waals surface area contributed by atoms with Crippen molar-refractivity contribution < 1.29 is 14.4 Å². The molecule has 104 valence electrons. The first-order valence-electron chi connectivity index (χ1n) is 7.20. The lowest BCUT2D eigenvalue weighted by Gasteiger charge is -2.27. The molecular formula is C16H24NO2+. The number of nitrogens with one attached hydrogen (secondary N) is 1. The van der Waals surface area contributed by atoms with Gasteiger partial charge in [0.05, 0.1) is 33.2 Å². The van der Waals surface area contributed by atoms with E-state index in [4.69, 9.17) is 4.74 Å². The number of likely N-dealkylation sites (tertiary alicyclic amines) is 1. The first-order chi connectivity index (χ1) is 9.19. The Morgan fingerprint density at radius 3 is 2.74 bits per heavy atom. The predicted octanol–water partition coefficient (Wildman–Crippen LogP) is 1.58. The summed E-state index contributed by atoms with van der Waals surface area (Å²) in [7, 11) is 1.64. The van der Waals surface area contributed by atoms with Crippen molar-refractivity contribution in [2.24, 2.45) is 5.92 Å². The highest BCUT2D eigenvalue weighted by Crippen LogP contribution is 2.12. The monoisotopic (exact) mass is 262 g/mol. The third kappa shape index (κ3) is 4.06. The first kappa shape index (κ1) is 14.1. The molecule has 1 saturated heterocycles. The summed E-state index contributed by atoms with van der Waals surface area (Å²) in [6.45, 7) is 5.72. The SMILES string of the molecule is COc1ccc(C(=O)CC[NH+]2CCC[C@H](C)C2)cc1. The molecule has 0 radical (unpaired) electrons. The fourth-order valence-electron chi connectivity index (χ4n) is 2.84. The number of Topliss-reactive ketones (excluding diaryl/α,β-unsaturated/α-hetero) is 1. The van der Waals surface area contributed by atoms with Crippen LogP contribution in [0.15, 0.2) is 24.3 Å². The van der Waals surface area contributed by atoms with Gasteiger partial charge < -0.3 is 9.64 Å². The van der Waals surface area contributed by atoms with E-state index in [-0.39, 0.29) is 5.78 Å². The molecule has 0 spiro atoms. The summed E-state index contributed by atoms with van der Waals surface area (Å²) >= 11 is 0. The van der Waals surface area contributed by atoms with Gasteiger partial charge in [0, 0.05) is 11.5 Å². The predicted molar refractivity (Wildman–Crippen MR) is 75.9 cm³/mol. The lowest BCUT2D eigenvalue weighted by molar-refractivity contribution is -0.907. The first-order valence-corrected chi connectivity index (χ1v) is 7.20. The number of carbonyl (C=O) groups is 1. The Morgan fingerprint density at radius 1 is 1.37 bits per heavy atom. The second kappa shape index (κ2) is 6.71. The fourth-order valence-corrected chi connectivity index (χ4v) is 2.84. The van der Waals surface area contributed by atoms with Crippen molar-refractivity contribution in [2.75, 3.05) is 26.7 Å². The molecule has 3 nitrogen and oxygen atoms in total. The van der Waals surface area contributed by atoms with Crippen LogP contribution in [0.25, 0.3) is 0 Å². The molecule has 0 bridgehead atoms. The fraction of sp³-hybridized carbons (Fsp3) is 0.562. The van der Waals surface area contributed by atoms with Crippen molar-refractivity contribution in [2.45, 2.75) is 26.2 Å². The van der Waals surface area contributed by atoms with Crippen molar-refractivity contribution in [3.8, 4) is 5.75 Å². The molecule has 1 aliphatic rings. The topological polar surface area (TPSA) is 30.7 Å². The maximum Gasteiger partial charge on any atom is 0.168 e. The molecule has 0 amide bonds. The van der Waals surface area contributed by atoms with Gasteiger partial charge in [-0.05, 0) is 37.1 Å². The summed E-state index contributed by atoms with van der Waals surface area (Å²) < 4.78 is 5.10. The minimum atomic E-state index is 0.244. The molecule has 19 heavy (non-hydrogen) atoms. The van der Waals surface area contributed by atoms with Crippen LogP contribution in [0.3, 0.4) is 0 Å². The molecule has 1 aromatic carbocycles. The van der Waals surface area contributed by atoms with Crippen LogP contribution in [0.1, 0.15) is 36.5 Å². The summed E-state index contributed by atoms with van der Waals surface area (Å²) in [5, 5.41) is 0. The lowest BCUT2D eigenvalue weighted by Crippen LogP contribution is -3.13. The Kier molecular flexibility index (Phi) is 4.97. The minimum absolute atomic E-state index is 0.244. The van der Waals surface area contributed by atoms with Crippen molar-refractivity contribution in [3.05, 3.63) is 29.8 Å². The van der Waals surface area contributed by atoms with Crippen molar-refractivity contribution in [1.82, 2.24) is 0 Å². The second-order valence-electron chi connectivity index (χ2n) is 5.60. The average molecular weight is 262 g/mol. The average Bonchev–Trinajstić information content (AvgIpc) is 2.45. The molecule has 2 atom stereocenters. The Bertz CT molecular complexity index is 413. The van der Waals surface area contributed by atoms with E-state index in [0.29, 0.717) is 6.42 Å². The van der Waals surface area contributed by atoms with Crippen LogP contribution in [0.5, 0.6) is 5.75 Å². The van der Waals surface area contributed by atoms with Gasteiger partial charge in [-0.15, -0.1) is 0 Å². The lowest BCUT2D eigenvalue weighted by atomic mass is 9.99. The van der Waals surface area contributed by atoms with E-state index in [1.54, 1.807) is 12.0 Å². The third-order valence-corrected chi connectivity index (χ3v) is 3.98. The van der Waals surface area contributed by atoms with Crippen LogP contribution in [0.4, 0.5) is 0 Å². The van der Waals surface area contributed by atoms with Gasteiger partial charge in [0.2, 0.25) is 0 Å². The molecule has 1 heterocycles. The summed E-state index contributed by atoms with van der Waals surface area (Å²) in [4.78, 5) is 13.7. The molecule has 0 aromatic heterocycles. The number of rotatable bonds is 5. The zero-order valence-electron chi connectivity index (χ0n) is 11.9. The van der Waals surface area contributed by atoms with Crippen molar-refractivity contribution in [3.63, 3.8) is 0 Å². The Hall–Kier alpha value is -1.35. The van der Waals surface area contributed by atoms with Crippen molar-refractivity contribution >= 4 is 5.78 Å². The molecule has 0 aliphatic carbocycles. The summed E-state index contributed by atoms with van der Waals surface area (Å²) in [6.07, 6.45) is 3.29. The number of ketones is 1. The number of methoxy groups -OCH3 is 1. The van der Waals surface area contributed by atoms with E-state index in [1.165, 1.54) is 25.9 Å². The van der Waals surface area contributed by atoms with Gasteiger partial charge >= 0.3 is 0 Å². The smallest absolute Gasteiger partial charge is 0.168 e. The van der Waals surface area contributed by atoms with Crippen LogP contribution < -0.4 is 9.64 Å². The second-order valence-corrected chi connectivity index (χ2v) is 5.60. The Labute approximate surface area is 115 Å². The van der Waals surface area contributed by atoms with Crippen LogP contribution in [0, 0.1) is 5.92 Å². The highest BCUT2D eigenvalue weighted by atomic mass is 16.5. The quantitative estimate of drug-likeness (QED) is 0.817. The van der Waals surface area contributed by atoms with Gasteiger partial charge in [-0.25, -0.2) is 0 Å². The zero-order chi connectivity index (χ0) is 13.7. The number of hydrogen-bond donors (Lipinski definition) is 1. The molecular weight excluding hydrogens is 238 g/mol. The summed E-state index contributed by atoms with van der Waals surface area (Å²) in [5.41, 5.74) is 0.797. The number of ether oxygens (including phenoxy) is 1. The number of benzene rings is 1. The van der Waals surface area contributed by atoms with Gasteiger partial charge in [0.15, 0.2) is 5.78 Å². The molecule has 2 rings (SSSR count). The maximum absolute atomic E-state index is 12.1. The van der Waals surface area contributed by atoms with E-state index in [2.05, 4.69) is 6.92 Å². The van der Waals surface area contributed by atoms with Crippen LogP contribution >= 0.6 is 0 Å². The Balaban J connectivity index is 1.83. The molecule has 1 fully saturated rings. The van der Waals surface area contributed by atoms with Crippen molar-refractivity contribution in [1.29, 1.82) is 0 Å². The van der Waals surface area contributed by atoms with Crippen LogP contribution in [0.2, 0.25) is 0 Å². The number of piperidine rings is 1. The van der Waals surface area contributed by atoms with Crippen LogP contribution in [-0.2, 0) is 0 Å². The van der Waals surface area contributed by atoms with Gasteiger partial charge in [-0.1, -0.05) is 6.92 Å². The van der Waals surface area contributed by atoms with E-state index < -0.39 is 0 Å². The Morgan fingerprint density at radius 2 is 2.11 bits per heavy atom. The molecule has 0 saturated carbocycles. The largest absolute Gasteiger partial charge is 0.497 e. The van der Waals surface area contributed by atoms with E-state index >= 15 is 0 Å². The van der Waals surface area contributed by atoms with E-state index in [1.807, 2.05) is 24.3 Å². The van der Waals surface area contributed by atoms with E-state index in [0.717, 1.165) is 23.8 Å².